The standard InChI is InChI=1S/C19H25BO4/c1-4-5-12-9-15(21)17-13-8-11(2)6-7-14(13)18(3,19(20,22)23)24-16(17)10-12/h8-10,13-14,21-23H,4-7H2,1-3H3. The minimum atomic E-state index is -2.47. The first-order valence-electron chi connectivity index (χ1n) is 8.63. The molecule has 1 heterocycles. The number of aryl methyl sites for hydroxylation is 1. The first-order valence-corrected chi connectivity index (χ1v) is 8.63. The minimum Gasteiger partial charge on any atom is -0.507 e. The van der Waals surface area contributed by atoms with E-state index in [1.165, 1.54) is 5.57 Å². The molecule has 5 heteroatoms. The third-order valence-electron chi connectivity index (χ3n) is 5.56. The Morgan fingerprint density at radius 1 is 1.38 bits per heavy atom. The minimum absolute atomic E-state index is 0.148. The van der Waals surface area contributed by atoms with Crippen LogP contribution in [0.4, 0.5) is 0 Å². The summed E-state index contributed by atoms with van der Waals surface area (Å²) in [4.78, 5) is 0. The summed E-state index contributed by atoms with van der Waals surface area (Å²) in [7, 11) is 5.68. The van der Waals surface area contributed by atoms with Crippen LogP contribution in [0, 0.1) is 5.92 Å². The van der Waals surface area contributed by atoms with Crippen molar-refractivity contribution in [3.05, 3.63) is 34.9 Å². The Bertz CT molecular complexity index is 677. The van der Waals surface area contributed by atoms with Gasteiger partial charge in [-0.3, -0.25) is 0 Å². The van der Waals surface area contributed by atoms with E-state index in [1.54, 1.807) is 13.0 Å². The summed E-state index contributed by atoms with van der Waals surface area (Å²) < 4.78 is 6.04. The van der Waals surface area contributed by atoms with Crippen molar-refractivity contribution < 1.29 is 20.1 Å². The predicted octanol–water partition coefficient (Wildman–Crippen LogP) is 2.74. The lowest BCUT2D eigenvalue weighted by Gasteiger charge is -2.52. The first kappa shape index (κ1) is 17.4. The monoisotopic (exact) mass is 328 g/mol. The largest absolute Gasteiger partial charge is 0.507 e. The van der Waals surface area contributed by atoms with Gasteiger partial charge in [-0.25, -0.2) is 0 Å². The Balaban J connectivity index is 2.19. The number of benzene rings is 1. The molecule has 0 fully saturated rings. The van der Waals surface area contributed by atoms with Gasteiger partial charge in [-0.05, 0) is 50.8 Å². The highest BCUT2D eigenvalue weighted by molar-refractivity contribution is 6.14. The summed E-state index contributed by atoms with van der Waals surface area (Å²) in [5.74, 6) is 0.325. The lowest BCUT2D eigenvalue weighted by Crippen LogP contribution is -2.63. The van der Waals surface area contributed by atoms with Crippen molar-refractivity contribution in [1.82, 2.24) is 0 Å². The van der Waals surface area contributed by atoms with Gasteiger partial charge in [0.15, 0.2) is 19.1 Å². The SMILES string of the molecule is [B]C(O)(O)C1(C)Oc2cc(CCC)cc(O)c2C2C=C(C)CCC21. The number of rotatable bonds is 3. The fraction of sp³-hybridized carbons (Fsp3) is 0.579. The molecule has 24 heavy (non-hydrogen) atoms. The highest BCUT2D eigenvalue weighted by atomic mass is 16.6. The van der Waals surface area contributed by atoms with Crippen LogP contribution in [0.15, 0.2) is 23.8 Å². The van der Waals surface area contributed by atoms with Gasteiger partial charge in [0.05, 0.1) is 0 Å². The summed E-state index contributed by atoms with van der Waals surface area (Å²) in [6, 6.07) is 3.67. The number of aromatic hydroxyl groups is 1. The Morgan fingerprint density at radius 3 is 2.71 bits per heavy atom. The summed E-state index contributed by atoms with van der Waals surface area (Å²) in [5, 5.41) is 31.0. The van der Waals surface area contributed by atoms with E-state index in [4.69, 9.17) is 12.6 Å². The zero-order valence-electron chi connectivity index (χ0n) is 14.5. The fourth-order valence-electron chi connectivity index (χ4n) is 4.14. The second-order valence-corrected chi connectivity index (χ2v) is 7.40. The molecule has 0 amide bonds. The molecule has 4 nitrogen and oxygen atoms in total. The lowest BCUT2D eigenvalue weighted by molar-refractivity contribution is -0.227. The van der Waals surface area contributed by atoms with Crippen LogP contribution in [0.3, 0.4) is 0 Å². The van der Waals surface area contributed by atoms with Crippen LogP contribution < -0.4 is 4.74 Å². The molecule has 1 aliphatic carbocycles. The molecule has 3 atom stereocenters. The zero-order chi connectivity index (χ0) is 17.7. The van der Waals surface area contributed by atoms with Crippen molar-refractivity contribution in [2.24, 2.45) is 5.92 Å². The molecule has 1 aromatic carbocycles. The molecule has 2 aliphatic rings. The van der Waals surface area contributed by atoms with Gasteiger partial charge < -0.3 is 20.1 Å². The molecule has 3 rings (SSSR count). The number of phenolic OH excluding ortho intramolecular Hbond substituents is 1. The van der Waals surface area contributed by atoms with Gasteiger partial charge in [0, 0.05) is 17.4 Å². The van der Waals surface area contributed by atoms with Gasteiger partial charge in [-0.15, -0.1) is 0 Å². The summed E-state index contributed by atoms with van der Waals surface area (Å²) >= 11 is 0. The van der Waals surface area contributed by atoms with Crippen molar-refractivity contribution in [1.29, 1.82) is 0 Å². The molecule has 3 unspecified atom stereocenters. The van der Waals surface area contributed by atoms with E-state index < -0.39 is 11.3 Å². The predicted molar refractivity (Wildman–Crippen MR) is 93.3 cm³/mol. The van der Waals surface area contributed by atoms with Crippen molar-refractivity contribution in [3.8, 4) is 11.5 Å². The number of hydrogen-bond donors (Lipinski definition) is 3. The number of fused-ring (bicyclic) bond motifs is 3. The molecular formula is C19H25BO4. The van der Waals surface area contributed by atoms with Gasteiger partial charge >= 0.3 is 0 Å². The van der Waals surface area contributed by atoms with Crippen LogP contribution in [0.1, 0.15) is 57.1 Å². The molecule has 3 N–H and O–H groups in total. The molecule has 0 aromatic heterocycles. The highest BCUT2D eigenvalue weighted by Gasteiger charge is 2.56. The van der Waals surface area contributed by atoms with Crippen LogP contribution in [-0.4, -0.2) is 34.5 Å². The van der Waals surface area contributed by atoms with Gasteiger partial charge in [0.25, 0.3) is 0 Å². The number of phenols is 1. The maximum atomic E-state index is 10.6. The number of hydrogen-bond acceptors (Lipinski definition) is 4. The summed E-state index contributed by atoms with van der Waals surface area (Å²) in [5.41, 5.74) is -0.908. The Morgan fingerprint density at radius 2 is 2.08 bits per heavy atom. The number of allylic oxidation sites excluding steroid dienone is 2. The van der Waals surface area contributed by atoms with Gasteiger partial charge in [0.2, 0.25) is 0 Å². The van der Waals surface area contributed by atoms with Gasteiger partial charge in [0.1, 0.15) is 11.5 Å². The smallest absolute Gasteiger partial charge is 0.159 e. The second-order valence-electron chi connectivity index (χ2n) is 7.40. The van der Waals surface area contributed by atoms with Crippen LogP contribution in [0.5, 0.6) is 11.5 Å². The molecular weight excluding hydrogens is 303 g/mol. The third kappa shape index (κ3) is 2.64. The van der Waals surface area contributed by atoms with E-state index >= 15 is 0 Å². The van der Waals surface area contributed by atoms with Crippen molar-refractivity contribution in [3.63, 3.8) is 0 Å². The van der Waals surface area contributed by atoms with Crippen LogP contribution in [0.25, 0.3) is 0 Å². The molecule has 0 spiro atoms. The van der Waals surface area contributed by atoms with Crippen molar-refractivity contribution >= 4 is 7.85 Å². The molecule has 0 saturated heterocycles. The topological polar surface area (TPSA) is 69.9 Å². The van der Waals surface area contributed by atoms with E-state index in [-0.39, 0.29) is 17.6 Å². The van der Waals surface area contributed by atoms with E-state index in [1.807, 2.05) is 6.07 Å². The summed E-state index contributed by atoms with van der Waals surface area (Å²) in [6.45, 7) is 5.77. The first-order chi connectivity index (χ1) is 11.2. The molecule has 0 bridgehead atoms. The second kappa shape index (κ2) is 5.82. The van der Waals surface area contributed by atoms with Gasteiger partial charge in [-0.1, -0.05) is 25.0 Å². The van der Waals surface area contributed by atoms with E-state index in [9.17, 15) is 15.3 Å². The lowest BCUT2D eigenvalue weighted by atomic mass is 9.61. The third-order valence-corrected chi connectivity index (χ3v) is 5.56. The molecule has 1 aromatic rings. The maximum absolute atomic E-state index is 10.6. The Labute approximate surface area is 144 Å². The molecule has 0 saturated carbocycles. The summed E-state index contributed by atoms with van der Waals surface area (Å²) in [6.07, 6.45) is 5.43. The number of ether oxygens (including phenoxy) is 1. The van der Waals surface area contributed by atoms with Gasteiger partial charge in [-0.2, -0.15) is 0 Å². The molecule has 1 aliphatic heterocycles. The highest BCUT2D eigenvalue weighted by Crippen LogP contribution is 2.55. The van der Waals surface area contributed by atoms with Crippen LogP contribution in [-0.2, 0) is 6.42 Å². The van der Waals surface area contributed by atoms with Crippen LogP contribution in [0.2, 0.25) is 0 Å². The quantitative estimate of drug-likeness (QED) is 0.453. The van der Waals surface area contributed by atoms with E-state index in [0.717, 1.165) is 36.8 Å². The maximum Gasteiger partial charge on any atom is 0.159 e. The molecule has 2 radical (unpaired) electrons. The van der Waals surface area contributed by atoms with Crippen molar-refractivity contribution in [2.75, 3.05) is 0 Å². The number of aliphatic hydroxyl groups is 2. The van der Waals surface area contributed by atoms with Crippen molar-refractivity contribution in [2.45, 2.75) is 63.7 Å². The van der Waals surface area contributed by atoms with E-state index in [0.29, 0.717) is 5.75 Å². The Kier molecular flexibility index (Phi) is 4.21. The average Bonchev–Trinajstić information content (AvgIpc) is 2.45. The molecule has 128 valence electrons. The van der Waals surface area contributed by atoms with Crippen LogP contribution >= 0.6 is 0 Å². The average molecular weight is 328 g/mol. The Hall–Kier alpha value is -1.46. The zero-order valence-corrected chi connectivity index (χ0v) is 14.5. The van der Waals surface area contributed by atoms with E-state index in [2.05, 4.69) is 19.9 Å². The normalized spacial score (nSPS) is 29.3. The fourth-order valence-corrected chi connectivity index (χ4v) is 4.14.